The predicted molar refractivity (Wildman–Crippen MR) is 545 cm³/mol. The molecule has 0 unspecified atom stereocenters. The van der Waals surface area contributed by atoms with Gasteiger partial charge in [0.05, 0.1) is 53.4 Å². The van der Waals surface area contributed by atoms with Crippen LogP contribution in [-0.2, 0) is 71.0 Å². The number of carbonyl (C=O) groups excluding carboxylic acids is 3. The summed E-state index contributed by atoms with van der Waals surface area (Å²) in [5.41, 5.74) is 12.3. The average Bonchev–Trinajstić information content (AvgIpc) is 1.63. The molecule has 0 saturated carbocycles. The molecule has 0 saturated heterocycles. The standard InChI is InChI=1S/C27H30F2N8O.C27H29F2N7O.C26H27F2N7O2.C26H29F2N7/c1-15(2)37-16(3)31-26-19(28)10-18(11-22(26)37)25-20(29)12-30-27(34-25)33-23-7-6-17-13-36(9-8-21(17)32-23)24(38)14-35(4)5;1-5-6-24(37)35-10-9-21-17(14-35)7-8-23(32-21)33-27-30-13-20(29)25(34-27)18-11-19(28)26-22(12-18)36(15(2)3)16(4)31-26;1-14(2)35-15(3)30-25-18(27)9-17(10-21(25)35)24-19(28)11-29-26(33-24)32-22-6-5-16-12-34(23(36)13-37-4)8-7-20(16)31-22;1-14(2)34-9-8-21-17(13-34)6-7-23(31-21)32-26-29-12-20(28)24(33-26)18-10-19(27)25-22(11-18)35(15(3)4)16(5)30-25/h6-7,10-12,15H,8-9,13-14H2,1-5H3,(H,30,32,33,34);7-8,11-13,15H,5-6,9-10,14H2,1-4H3,(H,30,32,33,34);5-6,9-11,14H,7-8,12-13H2,1-4H3,(H,29,31,32,33);6-7,10-12,14-15H,8-9,13H2,1-5H3,(H,29,31,32,33). The molecule has 4 aliphatic rings. The Hall–Kier alpha value is -15.4. The van der Waals surface area contributed by atoms with Gasteiger partial charge in [-0.25, -0.2) is 115 Å². The number of carbonyl (C=O) groups is 3. The molecule has 4 aromatic carbocycles. The molecule has 764 valence electrons. The van der Waals surface area contributed by atoms with E-state index in [1.165, 1.54) is 36.9 Å². The van der Waals surface area contributed by atoms with Crippen molar-refractivity contribution in [1.29, 1.82) is 0 Å². The van der Waals surface area contributed by atoms with Gasteiger partial charge in [0.25, 0.3) is 0 Å². The van der Waals surface area contributed by atoms with Crippen LogP contribution in [0.5, 0.6) is 0 Å². The van der Waals surface area contributed by atoms with Crippen LogP contribution in [0.3, 0.4) is 0 Å². The number of pyridine rings is 4. The molecule has 147 heavy (non-hydrogen) atoms. The molecular weight excluding hydrogens is 1900 g/mol. The highest BCUT2D eigenvalue weighted by Gasteiger charge is 2.31. The van der Waals surface area contributed by atoms with Crippen LogP contribution in [0.4, 0.5) is 82.2 Å². The summed E-state index contributed by atoms with van der Waals surface area (Å²) in [6.07, 6.45) is 8.37. The molecule has 33 nitrogen and oxygen atoms in total. The van der Waals surface area contributed by atoms with Gasteiger partial charge in [0.2, 0.25) is 41.5 Å². The Balaban J connectivity index is 0.000000134. The van der Waals surface area contributed by atoms with E-state index >= 15 is 0 Å². The van der Waals surface area contributed by atoms with Crippen molar-refractivity contribution in [3.8, 4) is 45.0 Å². The van der Waals surface area contributed by atoms with Crippen LogP contribution in [0.15, 0.2) is 122 Å². The molecule has 0 atom stereocenters. The lowest BCUT2D eigenvalue weighted by Gasteiger charge is -2.31. The Morgan fingerprint density at radius 2 is 0.619 bits per heavy atom. The van der Waals surface area contributed by atoms with Crippen LogP contribution in [0, 0.1) is 74.2 Å². The van der Waals surface area contributed by atoms with Crippen molar-refractivity contribution < 1.29 is 54.2 Å². The Morgan fingerprint density at radius 1 is 0.347 bits per heavy atom. The lowest BCUT2D eigenvalue weighted by Crippen LogP contribution is -2.41. The molecule has 16 aromatic rings. The van der Waals surface area contributed by atoms with E-state index in [1.54, 1.807) is 47.4 Å². The lowest BCUT2D eigenvalue weighted by molar-refractivity contribution is -0.136. The summed E-state index contributed by atoms with van der Waals surface area (Å²) in [7, 11) is 5.23. The van der Waals surface area contributed by atoms with Gasteiger partial charge in [0.15, 0.2) is 46.5 Å². The Kier molecular flexibility index (Phi) is 30.5. The van der Waals surface area contributed by atoms with Gasteiger partial charge < -0.3 is 63.9 Å². The number of anilines is 8. The quantitative estimate of drug-likeness (QED) is 0.0432. The zero-order chi connectivity index (χ0) is 105. The Labute approximate surface area is 843 Å². The second-order valence-electron chi connectivity index (χ2n) is 38.5. The van der Waals surface area contributed by atoms with E-state index in [2.05, 4.69) is 121 Å². The summed E-state index contributed by atoms with van der Waals surface area (Å²) in [6, 6.07) is 27.5. The second kappa shape index (κ2) is 43.5. The minimum absolute atomic E-state index is 0.0167. The highest BCUT2D eigenvalue weighted by Crippen LogP contribution is 2.39. The van der Waals surface area contributed by atoms with Crippen LogP contribution in [-0.4, -0.2) is 207 Å². The van der Waals surface area contributed by atoms with Crippen LogP contribution < -0.4 is 21.3 Å². The second-order valence-corrected chi connectivity index (χ2v) is 38.5. The van der Waals surface area contributed by atoms with Gasteiger partial charge in [0.1, 0.15) is 98.0 Å². The van der Waals surface area contributed by atoms with Crippen LogP contribution in [0.25, 0.3) is 89.2 Å². The topological polar surface area (TPSA) is 351 Å². The van der Waals surface area contributed by atoms with Gasteiger partial charge in [-0.15, -0.1) is 0 Å². The Morgan fingerprint density at radius 3 is 0.884 bits per heavy atom. The number of nitrogens with zero attached hydrogens (tertiary/aromatic N) is 25. The molecule has 41 heteroatoms. The Bertz CT molecular complexity index is 7510. The number of methoxy groups -OCH3 is 1. The van der Waals surface area contributed by atoms with Gasteiger partial charge in [-0.3, -0.25) is 19.3 Å². The zero-order valence-corrected chi connectivity index (χ0v) is 85.1. The summed E-state index contributed by atoms with van der Waals surface area (Å²) < 4.78 is 132. The first-order valence-electron chi connectivity index (χ1n) is 48.9. The summed E-state index contributed by atoms with van der Waals surface area (Å²) in [5, 5.41) is 12.2. The molecule has 0 spiro atoms. The minimum atomic E-state index is -0.671. The van der Waals surface area contributed by atoms with Crippen LogP contribution in [0.2, 0.25) is 0 Å². The van der Waals surface area contributed by atoms with Crippen molar-refractivity contribution in [2.75, 3.05) is 81.8 Å². The number of benzene rings is 4. The third-order valence-corrected chi connectivity index (χ3v) is 26.0. The van der Waals surface area contributed by atoms with Gasteiger partial charge >= 0.3 is 0 Å². The number of amides is 3. The fourth-order valence-electron chi connectivity index (χ4n) is 19.2. The molecule has 4 aliphatic heterocycles. The maximum atomic E-state index is 15.0. The monoisotopic (exact) mass is 2010 g/mol. The largest absolute Gasteiger partial charge is 0.375 e. The number of nitrogens with one attached hydrogen (secondary N) is 4. The van der Waals surface area contributed by atoms with Gasteiger partial charge in [-0.05, 0) is 212 Å². The van der Waals surface area contributed by atoms with E-state index in [0.717, 1.165) is 90.2 Å². The third kappa shape index (κ3) is 22.4. The number of ether oxygens (including phenoxy) is 1. The normalized spacial score (nSPS) is 13.6. The number of likely N-dealkylation sites (N-methyl/N-ethyl adjacent to an activating group) is 1. The number of aromatic nitrogens is 20. The molecule has 4 N–H and O–H groups in total. The summed E-state index contributed by atoms with van der Waals surface area (Å²) in [4.78, 5) is 116. The molecule has 0 bridgehead atoms. The smallest absolute Gasteiger partial charge is 0.248 e. The maximum Gasteiger partial charge on any atom is 0.248 e. The van der Waals surface area contributed by atoms with Gasteiger partial charge in [0, 0.05) is 167 Å². The number of fused-ring (bicyclic) bond motifs is 8. The third-order valence-electron chi connectivity index (χ3n) is 26.0. The molecule has 0 aliphatic carbocycles. The van der Waals surface area contributed by atoms with Gasteiger partial charge in [-0.2, -0.15) is 0 Å². The molecule has 12 aromatic heterocycles. The molecule has 0 radical (unpaired) electrons. The summed E-state index contributed by atoms with van der Waals surface area (Å²) >= 11 is 0. The number of hydrogen-bond acceptors (Lipinski definition) is 26. The first-order valence-corrected chi connectivity index (χ1v) is 48.9. The molecular formula is C106H115F8N29O4. The van der Waals surface area contributed by atoms with E-state index in [0.29, 0.717) is 163 Å². The fourth-order valence-corrected chi connectivity index (χ4v) is 19.2. The van der Waals surface area contributed by atoms with Crippen molar-refractivity contribution >= 4 is 109 Å². The average molecular weight is 2010 g/mol. The minimum Gasteiger partial charge on any atom is -0.375 e. The summed E-state index contributed by atoms with van der Waals surface area (Å²) in [6.45, 7) is 35.1. The first-order chi connectivity index (χ1) is 70.3. The van der Waals surface area contributed by atoms with Gasteiger partial charge in [-0.1, -0.05) is 31.2 Å². The molecule has 16 heterocycles. The maximum absolute atomic E-state index is 15.0. The predicted octanol–water partition coefficient (Wildman–Crippen LogP) is 19.6. The number of hydrogen-bond donors (Lipinski definition) is 4. The number of imidazole rings is 4. The van der Waals surface area contributed by atoms with Crippen molar-refractivity contribution in [2.24, 2.45) is 0 Å². The highest BCUT2D eigenvalue weighted by molar-refractivity contribution is 5.88. The number of rotatable bonds is 23. The fraction of sp³-hybridized carbons (Fsp3) is 0.368. The number of aryl methyl sites for hydroxylation is 4. The van der Waals surface area contributed by atoms with Crippen LogP contribution in [0.1, 0.15) is 181 Å². The van der Waals surface area contributed by atoms with Crippen molar-refractivity contribution in [2.45, 2.75) is 199 Å². The first kappa shape index (κ1) is 103. The van der Waals surface area contributed by atoms with Crippen LogP contribution >= 0.6 is 0 Å². The zero-order valence-electron chi connectivity index (χ0n) is 85.1. The number of halogens is 8. The molecule has 0 fully saturated rings. The molecule has 20 rings (SSSR count). The van der Waals surface area contributed by atoms with Crippen molar-refractivity contribution in [1.82, 2.24) is 123 Å². The van der Waals surface area contributed by atoms with Crippen molar-refractivity contribution in [3.05, 3.63) is 237 Å². The van der Waals surface area contributed by atoms with E-state index in [4.69, 9.17) is 9.72 Å². The van der Waals surface area contributed by atoms with Crippen molar-refractivity contribution in [3.63, 3.8) is 0 Å². The lowest BCUT2D eigenvalue weighted by atomic mass is 10.0. The van der Waals surface area contributed by atoms with E-state index in [9.17, 15) is 49.5 Å². The van der Waals surface area contributed by atoms with E-state index < -0.39 is 46.5 Å². The highest BCUT2D eigenvalue weighted by atomic mass is 19.2. The SMILES string of the molecule is CCCC(=O)N1CCc2nc(Nc3ncc(F)c(-c4cc(F)c5nc(C)n(C(C)C)c5c4)n3)ccc2C1.COCC(=O)N1CCc2nc(Nc3ncc(F)c(-c4cc(F)c5nc(C)n(C(C)C)c5c4)n3)ccc2C1.Cc1nc2c(F)cc(-c3nc(Nc4ccc5c(n4)CCN(C(=O)CN(C)C)C5)ncc3F)cc2n1C(C)C.Cc1nc2c(F)cc(-c3nc(Nc4ccc5c(n4)CCN(C(C)C)C5)ncc3F)cc2n1C(C)C. The van der Waals surface area contributed by atoms with E-state index in [-0.39, 0.29) is 123 Å². The van der Waals surface area contributed by atoms with E-state index in [1.807, 2.05) is 161 Å². The molecule has 3 amide bonds. The summed E-state index contributed by atoms with van der Waals surface area (Å²) in [5.74, 6) is 0.863.